The van der Waals surface area contributed by atoms with Gasteiger partial charge in [0.2, 0.25) is 5.95 Å². The smallest absolute Gasteiger partial charge is 0.357 e. The van der Waals surface area contributed by atoms with Gasteiger partial charge in [0.25, 0.3) is 0 Å². The van der Waals surface area contributed by atoms with Gasteiger partial charge in [0.15, 0.2) is 5.69 Å². The first-order valence-corrected chi connectivity index (χ1v) is 7.18. The second-order valence-corrected chi connectivity index (χ2v) is 5.67. The number of anilines is 3. The van der Waals surface area contributed by atoms with Gasteiger partial charge in [0.1, 0.15) is 5.82 Å². The molecule has 2 rings (SSSR count). The van der Waals surface area contributed by atoms with Crippen molar-refractivity contribution in [2.75, 3.05) is 17.7 Å². The van der Waals surface area contributed by atoms with Crippen molar-refractivity contribution < 1.29 is 13.2 Å². The van der Waals surface area contributed by atoms with Gasteiger partial charge in [-0.15, -0.1) is 0 Å². The molecule has 0 saturated heterocycles. The molecule has 0 atom stereocenters. The summed E-state index contributed by atoms with van der Waals surface area (Å²) in [6.45, 7) is 3.73. The Hall–Kier alpha value is -1.83. The predicted molar refractivity (Wildman–Crippen MR) is 83.5 cm³/mol. The van der Waals surface area contributed by atoms with E-state index in [9.17, 15) is 13.2 Å². The largest absolute Gasteiger partial charge is 0.433 e. The highest BCUT2D eigenvalue weighted by molar-refractivity contribution is 9.10. The summed E-state index contributed by atoms with van der Waals surface area (Å²) in [4.78, 5) is 7.45. The van der Waals surface area contributed by atoms with E-state index >= 15 is 0 Å². The van der Waals surface area contributed by atoms with Crippen LogP contribution < -0.4 is 10.6 Å². The van der Waals surface area contributed by atoms with Crippen LogP contribution >= 0.6 is 15.9 Å². The van der Waals surface area contributed by atoms with E-state index in [1.54, 1.807) is 0 Å². The van der Waals surface area contributed by atoms with Crippen molar-refractivity contribution in [2.24, 2.45) is 0 Å². The maximum Gasteiger partial charge on any atom is 0.433 e. The van der Waals surface area contributed by atoms with Crippen LogP contribution in [0.5, 0.6) is 0 Å². The second kappa shape index (κ2) is 6.12. The number of benzene rings is 1. The molecule has 118 valence electrons. The van der Waals surface area contributed by atoms with Crippen molar-refractivity contribution in [1.29, 1.82) is 0 Å². The highest BCUT2D eigenvalue weighted by atomic mass is 79.9. The molecule has 2 aromatic rings. The molecule has 0 aliphatic rings. The zero-order valence-corrected chi connectivity index (χ0v) is 13.7. The number of nitrogens with one attached hydrogen (secondary N) is 2. The van der Waals surface area contributed by atoms with Crippen molar-refractivity contribution in [1.82, 2.24) is 9.97 Å². The molecule has 0 amide bonds. The van der Waals surface area contributed by atoms with Crippen LogP contribution in [0.3, 0.4) is 0 Å². The Kier molecular flexibility index (Phi) is 4.60. The number of hydrogen-bond acceptors (Lipinski definition) is 4. The molecule has 2 N–H and O–H groups in total. The summed E-state index contributed by atoms with van der Waals surface area (Å²) in [5.74, 6) is -0.00931. The Morgan fingerprint density at radius 1 is 1.05 bits per heavy atom. The lowest BCUT2D eigenvalue weighted by Crippen LogP contribution is -2.12. The lowest BCUT2D eigenvalue weighted by molar-refractivity contribution is -0.141. The predicted octanol–water partition coefficient (Wildman–Crippen LogP) is 4.66. The molecule has 0 spiro atoms. The van der Waals surface area contributed by atoms with E-state index in [4.69, 9.17) is 0 Å². The van der Waals surface area contributed by atoms with Gasteiger partial charge >= 0.3 is 6.18 Å². The third-order valence-corrected chi connectivity index (χ3v) is 3.45. The molecule has 0 aliphatic heterocycles. The van der Waals surface area contributed by atoms with Gasteiger partial charge in [-0.2, -0.15) is 18.2 Å². The highest BCUT2D eigenvalue weighted by Crippen LogP contribution is 2.32. The third kappa shape index (κ3) is 3.68. The number of rotatable bonds is 3. The maximum absolute atomic E-state index is 12.9. The fraction of sp³-hybridized carbons (Fsp3) is 0.286. The molecule has 22 heavy (non-hydrogen) atoms. The molecule has 0 unspecified atom stereocenters. The summed E-state index contributed by atoms with van der Waals surface area (Å²) in [5, 5.41) is 5.48. The summed E-state index contributed by atoms with van der Waals surface area (Å²) in [5.41, 5.74) is 1.51. The van der Waals surface area contributed by atoms with Gasteiger partial charge in [-0.05, 0) is 37.1 Å². The minimum Gasteiger partial charge on any atom is -0.357 e. The Labute approximate surface area is 134 Å². The molecule has 0 aliphatic carbocycles. The average Bonchev–Trinajstić information content (AvgIpc) is 2.41. The number of halogens is 4. The van der Waals surface area contributed by atoms with Gasteiger partial charge in [-0.1, -0.05) is 15.9 Å². The number of aromatic nitrogens is 2. The van der Waals surface area contributed by atoms with Gasteiger partial charge in [-0.3, -0.25) is 0 Å². The van der Waals surface area contributed by atoms with Crippen molar-refractivity contribution in [3.05, 3.63) is 39.5 Å². The number of hydrogen-bond donors (Lipinski definition) is 2. The van der Waals surface area contributed by atoms with Crippen molar-refractivity contribution in [3.8, 4) is 0 Å². The zero-order valence-electron chi connectivity index (χ0n) is 12.1. The second-order valence-electron chi connectivity index (χ2n) is 4.75. The number of aryl methyl sites for hydroxylation is 2. The molecular formula is C14H14BrF3N4. The Balaban J connectivity index is 2.46. The van der Waals surface area contributed by atoms with Crippen LogP contribution in [0.1, 0.15) is 16.8 Å². The van der Waals surface area contributed by atoms with Gasteiger partial charge in [-0.25, -0.2) is 4.98 Å². The van der Waals surface area contributed by atoms with E-state index in [1.807, 2.05) is 26.0 Å². The van der Waals surface area contributed by atoms with E-state index < -0.39 is 11.9 Å². The van der Waals surface area contributed by atoms with Crippen molar-refractivity contribution in [2.45, 2.75) is 20.0 Å². The quantitative estimate of drug-likeness (QED) is 0.820. The van der Waals surface area contributed by atoms with Crippen LogP contribution in [0.25, 0.3) is 0 Å². The minimum absolute atomic E-state index is 0.0835. The number of nitrogens with zero attached hydrogens (tertiary/aromatic N) is 2. The first-order valence-electron chi connectivity index (χ1n) is 6.38. The van der Waals surface area contributed by atoms with E-state index in [0.29, 0.717) is 0 Å². The molecule has 0 saturated carbocycles. The molecular weight excluding hydrogens is 361 g/mol. The first kappa shape index (κ1) is 16.5. The topological polar surface area (TPSA) is 49.8 Å². The van der Waals surface area contributed by atoms with Crippen LogP contribution in [0.2, 0.25) is 0 Å². The van der Waals surface area contributed by atoms with Crippen molar-refractivity contribution >= 4 is 33.4 Å². The molecule has 1 aromatic carbocycles. The number of alkyl halides is 3. The Morgan fingerprint density at radius 3 is 2.14 bits per heavy atom. The fourth-order valence-electron chi connectivity index (χ4n) is 2.00. The standard InChI is InChI=1S/C14H14BrF3N4/c1-7-4-9(15)5-8(2)12(7)21-11-6-10(14(16,17)18)20-13(19-3)22-11/h4-6H,1-3H3,(H2,19,20,21,22). The van der Waals surface area contributed by atoms with Gasteiger partial charge in [0.05, 0.1) is 0 Å². The van der Waals surface area contributed by atoms with E-state index in [2.05, 4.69) is 36.5 Å². The van der Waals surface area contributed by atoms with Crippen LogP contribution in [0.4, 0.5) is 30.6 Å². The Bertz CT molecular complexity index is 678. The molecule has 1 heterocycles. The van der Waals surface area contributed by atoms with Crippen LogP contribution in [-0.4, -0.2) is 17.0 Å². The van der Waals surface area contributed by atoms with Crippen LogP contribution in [0, 0.1) is 13.8 Å². The summed E-state index contributed by atoms with van der Waals surface area (Å²) in [6, 6.07) is 4.64. The van der Waals surface area contributed by atoms with E-state index in [-0.39, 0.29) is 11.8 Å². The van der Waals surface area contributed by atoms with Crippen LogP contribution in [0.15, 0.2) is 22.7 Å². The molecule has 0 fully saturated rings. The van der Waals surface area contributed by atoms with Crippen molar-refractivity contribution in [3.63, 3.8) is 0 Å². The van der Waals surface area contributed by atoms with Crippen LogP contribution in [-0.2, 0) is 6.18 Å². The fourth-order valence-corrected chi connectivity index (χ4v) is 2.69. The normalized spacial score (nSPS) is 11.4. The summed E-state index contributed by atoms with van der Waals surface area (Å²) in [6.07, 6.45) is -4.53. The third-order valence-electron chi connectivity index (χ3n) is 2.99. The lowest BCUT2D eigenvalue weighted by atomic mass is 10.1. The summed E-state index contributed by atoms with van der Waals surface area (Å²) < 4.78 is 39.6. The molecule has 8 heteroatoms. The zero-order chi connectivity index (χ0) is 16.5. The monoisotopic (exact) mass is 374 g/mol. The lowest BCUT2D eigenvalue weighted by Gasteiger charge is -2.15. The van der Waals surface area contributed by atoms with Gasteiger partial charge < -0.3 is 10.6 Å². The molecule has 1 aromatic heterocycles. The molecule has 4 nitrogen and oxygen atoms in total. The molecule has 0 bridgehead atoms. The SMILES string of the molecule is CNc1nc(Nc2c(C)cc(Br)cc2C)cc(C(F)(F)F)n1. The first-order chi connectivity index (χ1) is 10.2. The minimum atomic E-state index is -4.53. The average molecular weight is 375 g/mol. The summed E-state index contributed by atoms with van der Waals surface area (Å²) in [7, 11) is 1.47. The van der Waals surface area contributed by atoms with E-state index in [1.165, 1.54) is 7.05 Å². The maximum atomic E-state index is 12.9. The van der Waals surface area contributed by atoms with Gasteiger partial charge in [0, 0.05) is 23.3 Å². The highest BCUT2D eigenvalue weighted by Gasteiger charge is 2.33. The Morgan fingerprint density at radius 2 is 1.64 bits per heavy atom. The molecule has 0 radical (unpaired) electrons. The van der Waals surface area contributed by atoms with E-state index in [0.717, 1.165) is 27.4 Å². The summed E-state index contributed by atoms with van der Waals surface area (Å²) >= 11 is 3.38.